The number of rotatable bonds is 4. The van der Waals surface area contributed by atoms with Gasteiger partial charge in [0.1, 0.15) is 11.4 Å². The third kappa shape index (κ3) is 6.22. The van der Waals surface area contributed by atoms with Crippen LogP contribution >= 0.6 is 15.9 Å². The van der Waals surface area contributed by atoms with Crippen molar-refractivity contribution in [2.45, 2.75) is 51.9 Å². The molecule has 8 heteroatoms. The fourth-order valence-corrected chi connectivity index (χ4v) is 2.60. The van der Waals surface area contributed by atoms with Crippen molar-refractivity contribution in [2.75, 3.05) is 7.11 Å². The molecule has 0 saturated carbocycles. The van der Waals surface area contributed by atoms with Gasteiger partial charge in [-0.2, -0.15) is 13.2 Å². The molecule has 136 valence electrons. The Labute approximate surface area is 147 Å². The van der Waals surface area contributed by atoms with Gasteiger partial charge in [0.05, 0.1) is 12.7 Å². The van der Waals surface area contributed by atoms with Gasteiger partial charge in [-0.25, -0.2) is 4.79 Å². The number of hydrogen-bond donors (Lipinski definition) is 1. The predicted octanol–water partition coefficient (Wildman–Crippen LogP) is 4.93. The highest BCUT2D eigenvalue weighted by Gasteiger charge is 2.34. The molecule has 0 heterocycles. The molecule has 0 spiro atoms. The van der Waals surface area contributed by atoms with E-state index in [0.29, 0.717) is 11.3 Å². The molecular formula is C16H21BrF3NO3. The van der Waals surface area contributed by atoms with E-state index in [1.54, 1.807) is 27.7 Å². The van der Waals surface area contributed by atoms with Crippen molar-refractivity contribution in [1.29, 1.82) is 0 Å². The summed E-state index contributed by atoms with van der Waals surface area (Å²) in [7, 11) is 1.38. The predicted molar refractivity (Wildman–Crippen MR) is 88.2 cm³/mol. The van der Waals surface area contributed by atoms with Gasteiger partial charge in [-0.1, -0.05) is 15.9 Å². The summed E-state index contributed by atoms with van der Waals surface area (Å²) >= 11 is 2.91. The molecule has 1 rings (SSSR count). The van der Waals surface area contributed by atoms with Gasteiger partial charge in [-0.15, -0.1) is 0 Å². The molecule has 24 heavy (non-hydrogen) atoms. The Hall–Kier alpha value is -1.44. The summed E-state index contributed by atoms with van der Waals surface area (Å²) in [5.41, 5.74) is -1.10. The van der Waals surface area contributed by atoms with Gasteiger partial charge in [0, 0.05) is 10.5 Å². The van der Waals surface area contributed by atoms with Crippen LogP contribution in [-0.4, -0.2) is 24.8 Å². The Morgan fingerprint density at radius 3 is 2.33 bits per heavy atom. The Bertz CT molecular complexity index is 597. The Morgan fingerprint density at radius 1 is 1.29 bits per heavy atom. The first kappa shape index (κ1) is 20.6. The van der Waals surface area contributed by atoms with Gasteiger partial charge >= 0.3 is 12.3 Å². The number of nitrogens with one attached hydrogen (secondary N) is 1. The van der Waals surface area contributed by atoms with Crippen LogP contribution in [0, 0.1) is 0 Å². The molecule has 0 fully saturated rings. The summed E-state index contributed by atoms with van der Waals surface area (Å²) in [5.74, 6) is 0.313. The van der Waals surface area contributed by atoms with Crippen LogP contribution in [0.4, 0.5) is 18.0 Å². The maximum atomic E-state index is 13.0. The van der Waals surface area contributed by atoms with E-state index in [2.05, 4.69) is 21.2 Å². The first-order chi connectivity index (χ1) is 10.8. The Balaban J connectivity index is 2.95. The largest absolute Gasteiger partial charge is 0.496 e. The van der Waals surface area contributed by atoms with Crippen molar-refractivity contribution in [3.05, 3.63) is 27.7 Å². The van der Waals surface area contributed by atoms with Crippen molar-refractivity contribution < 1.29 is 27.4 Å². The van der Waals surface area contributed by atoms with Gasteiger partial charge in [-0.3, -0.25) is 0 Å². The normalized spacial score (nSPS) is 13.4. The number of carbonyl (C=O) groups excluding carboxylic acids is 1. The molecule has 4 nitrogen and oxygen atoms in total. The lowest BCUT2D eigenvalue weighted by molar-refractivity contribution is -0.138. The molecule has 1 atom stereocenters. The molecule has 1 N–H and O–H groups in total. The number of alkyl carbamates (subject to hydrolysis) is 1. The summed E-state index contributed by atoms with van der Waals surface area (Å²) in [6, 6.07) is 1.87. The number of methoxy groups -OCH3 is 1. The molecule has 1 aromatic rings. The highest BCUT2D eigenvalue weighted by molar-refractivity contribution is 9.10. The number of hydrogen-bond acceptors (Lipinski definition) is 3. The van der Waals surface area contributed by atoms with E-state index in [0.717, 1.165) is 6.07 Å². The van der Waals surface area contributed by atoms with E-state index in [-0.39, 0.29) is 10.9 Å². The van der Waals surface area contributed by atoms with E-state index in [4.69, 9.17) is 9.47 Å². The molecule has 0 aliphatic rings. The highest BCUT2D eigenvalue weighted by Crippen LogP contribution is 2.38. The zero-order valence-corrected chi connectivity index (χ0v) is 15.8. The lowest BCUT2D eigenvalue weighted by Gasteiger charge is -2.22. The molecule has 0 aliphatic carbocycles. The SMILES string of the molecule is COc1cc(Br)c(C(F)(F)F)cc1CC(C)NC(=O)OC(C)(C)C. The van der Waals surface area contributed by atoms with Crippen LogP contribution in [0.1, 0.15) is 38.8 Å². The molecule has 1 aromatic carbocycles. The van der Waals surface area contributed by atoms with Crippen LogP contribution in [0.3, 0.4) is 0 Å². The summed E-state index contributed by atoms with van der Waals surface area (Å²) < 4.78 is 49.3. The minimum absolute atomic E-state index is 0.0941. The van der Waals surface area contributed by atoms with Gasteiger partial charge in [0.25, 0.3) is 0 Å². The Kier molecular flexibility index (Phi) is 6.55. The van der Waals surface area contributed by atoms with Crippen molar-refractivity contribution in [3.63, 3.8) is 0 Å². The molecule has 1 amide bonds. The molecular weight excluding hydrogens is 391 g/mol. The van der Waals surface area contributed by atoms with Crippen molar-refractivity contribution in [3.8, 4) is 5.75 Å². The summed E-state index contributed by atoms with van der Waals surface area (Å²) in [6.07, 6.45) is -4.94. The number of carbonyl (C=O) groups is 1. The maximum Gasteiger partial charge on any atom is 0.417 e. The van der Waals surface area contributed by atoms with E-state index in [9.17, 15) is 18.0 Å². The number of benzene rings is 1. The van der Waals surface area contributed by atoms with E-state index >= 15 is 0 Å². The standard InChI is InChI=1S/C16H21BrF3NO3/c1-9(21-14(22)24-15(2,3)4)6-10-7-11(16(18,19)20)12(17)8-13(10)23-5/h7-9H,6H2,1-5H3,(H,21,22). The highest BCUT2D eigenvalue weighted by atomic mass is 79.9. The summed E-state index contributed by atoms with van der Waals surface area (Å²) in [4.78, 5) is 11.7. The van der Waals surface area contributed by atoms with Gasteiger partial charge in [-0.05, 0) is 51.8 Å². The number of halogens is 4. The fraction of sp³-hybridized carbons (Fsp3) is 0.562. The smallest absolute Gasteiger partial charge is 0.417 e. The lowest BCUT2D eigenvalue weighted by Crippen LogP contribution is -2.38. The molecule has 0 aromatic heterocycles. The second-order valence-corrected chi connectivity index (χ2v) is 7.25. The third-order valence-electron chi connectivity index (χ3n) is 2.96. The average Bonchev–Trinajstić information content (AvgIpc) is 2.36. The van der Waals surface area contributed by atoms with Gasteiger partial charge in [0.15, 0.2) is 0 Å². The first-order valence-electron chi connectivity index (χ1n) is 7.26. The van der Waals surface area contributed by atoms with E-state index in [1.165, 1.54) is 13.2 Å². The maximum absolute atomic E-state index is 13.0. The summed E-state index contributed by atoms with van der Waals surface area (Å²) in [5, 5.41) is 2.60. The zero-order valence-electron chi connectivity index (χ0n) is 14.2. The third-order valence-corrected chi connectivity index (χ3v) is 3.62. The minimum atomic E-state index is -4.48. The molecule has 1 unspecified atom stereocenters. The van der Waals surface area contributed by atoms with Crippen molar-refractivity contribution in [1.82, 2.24) is 5.32 Å². The van der Waals surface area contributed by atoms with Crippen LogP contribution < -0.4 is 10.1 Å². The van der Waals surface area contributed by atoms with Crippen LogP contribution in [0.25, 0.3) is 0 Å². The summed E-state index contributed by atoms with van der Waals surface area (Å²) in [6.45, 7) is 6.86. The van der Waals surface area contributed by atoms with Gasteiger partial charge < -0.3 is 14.8 Å². The quantitative estimate of drug-likeness (QED) is 0.763. The zero-order chi connectivity index (χ0) is 18.7. The number of alkyl halides is 3. The lowest BCUT2D eigenvalue weighted by atomic mass is 10.0. The van der Waals surface area contributed by atoms with Crippen LogP contribution in [0.15, 0.2) is 16.6 Å². The minimum Gasteiger partial charge on any atom is -0.496 e. The van der Waals surface area contributed by atoms with Crippen LogP contribution in [0.5, 0.6) is 5.75 Å². The monoisotopic (exact) mass is 411 g/mol. The first-order valence-corrected chi connectivity index (χ1v) is 8.06. The molecule has 0 bridgehead atoms. The second-order valence-electron chi connectivity index (χ2n) is 6.39. The van der Waals surface area contributed by atoms with Crippen molar-refractivity contribution in [2.24, 2.45) is 0 Å². The molecule has 0 aliphatic heterocycles. The average molecular weight is 412 g/mol. The van der Waals surface area contributed by atoms with E-state index in [1.807, 2.05) is 0 Å². The molecule has 0 radical (unpaired) electrons. The molecule has 0 saturated heterocycles. The number of amides is 1. The van der Waals surface area contributed by atoms with E-state index < -0.39 is 29.5 Å². The van der Waals surface area contributed by atoms with Gasteiger partial charge in [0.2, 0.25) is 0 Å². The van der Waals surface area contributed by atoms with Crippen LogP contribution in [-0.2, 0) is 17.3 Å². The number of ether oxygens (including phenoxy) is 2. The van der Waals surface area contributed by atoms with Crippen LogP contribution in [0.2, 0.25) is 0 Å². The topological polar surface area (TPSA) is 47.6 Å². The second kappa shape index (κ2) is 7.63. The fourth-order valence-electron chi connectivity index (χ4n) is 2.06. The van der Waals surface area contributed by atoms with Crippen molar-refractivity contribution >= 4 is 22.0 Å². The Morgan fingerprint density at radius 2 is 1.88 bits per heavy atom.